The highest BCUT2D eigenvalue weighted by molar-refractivity contribution is 5.27. The average Bonchev–Trinajstić information content (AvgIpc) is 3.07. The van der Waals surface area contributed by atoms with E-state index in [9.17, 15) is 8.78 Å². The van der Waals surface area contributed by atoms with Crippen LogP contribution in [0.2, 0.25) is 0 Å². The molecule has 1 fully saturated rings. The smallest absolute Gasteiger partial charge is 0.128 e. The molecule has 0 aromatic heterocycles. The summed E-state index contributed by atoms with van der Waals surface area (Å²) in [4.78, 5) is 0. The first-order valence-electron chi connectivity index (χ1n) is 6.27. The van der Waals surface area contributed by atoms with Gasteiger partial charge >= 0.3 is 0 Å². The van der Waals surface area contributed by atoms with Crippen LogP contribution in [0.15, 0.2) is 12.1 Å². The van der Waals surface area contributed by atoms with Crippen molar-refractivity contribution >= 4 is 0 Å². The molecule has 0 bridgehead atoms. The lowest BCUT2D eigenvalue weighted by Gasteiger charge is -2.15. The molecule has 1 saturated carbocycles. The number of benzene rings is 1. The zero-order valence-electron chi connectivity index (χ0n) is 10.4. The molecule has 3 heteroatoms. The number of nitrogens with one attached hydrogen (secondary N) is 1. The molecule has 1 aromatic carbocycles. The largest absolute Gasteiger partial charge is 0.310 e. The van der Waals surface area contributed by atoms with Crippen LogP contribution in [0.5, 0.6) is 0 Å². The molecule has 17 heavy (non-hydrogen) atoms. The Morgan fingerprint density at radius 1 is 1.29 bits per heavy atom. The summed E-state index contributed by atoms with van der Waals surface area (Å²) in [6, 6.07) is 2.44. The van der Waals surface area contributed by atoms with Crippen LogP contribution in [0, 0.1) is 24.5 Å². The molecule has 1 unspecified atom stereocenters. The SMILES string of the molecule is Cc1cc(F)c(C(C)NCCC2CC2)cc1F. The van der Waals surface area contributed by atoms with Crippen LogP contribution in [-0.4, -0.2) is 6.54 Å². The van der Waals surface area contributed by atoms with E-state index in [2.05, 4.69) is 5.32 Å². The van der Waals surface area contributed by atoms with Gasteiger partial charge in [0.25, 0.3) is 0 Å². The highest BCUT2D eigenvalue weighted by Crippen LogP contribution is 2.32. The van der Waals surface area contributed by atoms with Crippen molar-refractivity contribution in [2.45, 2.75) is 39.2 Å². The predicted molar refractivity (Wildman–Crippen MR) is 64.9 cm³/mol. The summed E-state index contributed by atoms with van der Waals surface area (Å²) in [7, 11) is 0. The minimum absolute atomic E-state index is 0.135. The molecule has 0 heterocycles. The fourth-order valence-electron chi connectivity index (χ4n) is 2.01. The summed E-state index contributed by atoms with van der Waals surface area (Å²) in [5.41, 5.74) is 0.778. The summed E-state index contributed by atoms with van der Waals surface area (Å²) < 4.78 is 27.1. The van der Waals surface area contributed by atoms with Gasteiger partial charge in [0.05, 0.1) is 0 Å². The van der Waals surface area contributed by atoms with E-state index >= 15 is 0 Å². The third-order valence-electron chi connectivity index (χ3n) is 3.44. The van der Waals surface area contributed by atoms with Gasteiger partial charge in [0, 0.05) is 11.6 Å². The van der Waals surface area contributed by atoms with Crippen LogP contribution in [0.1, 0.15) is 43.4 Å². The Hall–Kier alpha value is -0.960. The molecule has 0 spiro atoms. The number of hydrogen-bond donors (Lipinski definition) is 1. The van der Waals surface area contributed by atoms with Gasteiger partial charge < -0.3 is 5.32 Å². The van der Waals surface area contributed by atoms with E-state index in [1.54, 1.807) is 6.92 Å². The lowest BCUT2D eigenvalue weighted by Crippen LogP contribution is -2.21. The Morgan fingerprint density at radius 3 is 2.65 bits per heavy atom. The number of rotatable bonds is 5. The second-order valence-electron chi connectivity index (χ2n) is 5.03. The quantitative estimate of drug-likeness (QED) is 0.825. The number of aryl methyl sites for hydroxylation is 1. The molecular formula is C14H19F2N. The first kappa shape index (κ1) is 12.5. The highest BCUT2D eigenvalue weighted by Gasteiger charge is 2.21. The fraction of sp³-hybridized carbons (Fsp3) is 0.571. The number of hydrogen-bond acceptors (Lipinski definition) is 1. The summed E-state index contributed by atoms with van der Waals surface area (Å²) in [6.45, 7) is 4.33. The maximum atomic E-state index is 13.7. The molecule has 0 radical (unpaired) electrons. The van der Waals surface area contributed by atoms with Crippen LogP contribution in [0.3, 0.4) is 0 Å². The second kappa shape index (κ2) is 5.13. The summed E-state index contributed by atoms with van der Waals surface area (Å²) in [5.74, 6) is 0.196. The molecule has 1 aliphatic rings. The molecule has 1 aliphatic carbocycles. The number of halogens is 2. The Labute approximate surface area is 101 Å². The van der Waals surface area contributed by atoms with Crippen molar-refractivity contribution in [2.24, 2.45) is 5.92 Å². The van der Waals surface area contributed by atoms with Gasteiger partial charge in [0.15, 0.2) is 0 Å². The Morgan fingerprint density at radius 2 is 2.00 bits per heavy atom. The van der Waals surface area contributed by atoms with Gasteiger partial charge in [-0.15, -0.1) is 0 Å². The monoisotopic (exact) mass is 239 g/mol. The molecule has 1 atom stereocenters. The normalized spacial score (nSPS) is 17.2. The second-order valence-corrected chi connectivity index (χ2v) is 5.03. The van der Waals surface area contributed by atoms with Crippen LogP contribution in [0.4, 0.5) is 8.78 Å². The van der Waals surface area contributed by atoms with E-state index in [1.165, 1.54) is 25.0 Å². The topological polar surface area (TPSA) is 12.0 Å². The van der Waals surface area contributed by atoms with E-state index in [1.807, 2.05) is 6.92 Å². The molecular weight excluding hydrogens is 220 g/mol. The van der Waals surface area contributed by atoms with E-state index in [0.717, 1.165) is 18.9 Å². The molecule has 1 N–H and O–H groups in total. The van der Waals surface area contributed by atoms with Gasteiger partial charge in [-0.05, 0) is 50.4 Å². The third-order valence-corrected chi connectivity index (χ3v) is 3.44. The summed E-state index contributed by atoms with van der Waals surface area (Å²) in [6.07, 6.45) is 3.79. The van der Waals surface area contributed by atoms with Crippen LogP contribution < -0.4 is 5.32 Å². The first-order chi connectivity index (χ1) is 8.08. The average molecular weight is 239 g/mol. The van der Waals surface area contributed by atoms with Crippen LogP contribution in [-0.2, 0) is 0 Å². The van der Waals surface area contributed by atoms with Gasteiger partial charge in [-0.1, -0.05) is 12.8 Å². The van der Waals surface area contributed by atoms with E-state index < -0.39 is 0 Å². The van der Waals surface area contributed by atoms with Crippen LogP contribution >= 0.6 is 0 Å². The standard InChI is InChI=1S/C14H19F2N/c1-9-7-14(16)12(8-13(9)15)10(2)17-6-5-11-3-4-11/h7-8,10-11,17H,3-6H2,1-2H3. The Balaban J connectivity index is 1.96. The lowest BCUT2D eigenvalue weighted by atomic mass is 10.0. The molecule has 0 amide bonds. The van der Waals surface area contributed by atoms with Crippen molar-refractivity contribution in [2.75, 3.05) is 6.54 Å². The van der Waals surface area contributed by atoms with Crippen molar-refractivity contribution in [3.8, 4) is 0 Å². The van der Waals surface area contributed by atoms with E-state index in [0.29, 0.717) is 11.1 Å². The highest BCUT2D eigenvalue weighted by atomic mass is 19.1. The molecule has 1 aromatic rings. The van der Waals surface area contributed by atoms with Gasteiger partial charge in [-0.2, -0.15) is 0 Å². The molecule has 94 valence electrons. The van der Waals surface area contributed by atoms with Crippen molar-refractivity contribution < 1.29 is 8.78 Å². The van der Waals surface area contributed by atoms with E-state index in [4.69, 9.17) is 0 Å². The van der Waals surface area contributed by atoms with Crippen molar-refractivity contribution in [3.63, 3.8) is 0 Å². The van der Waals surface area contributed by atoms with Crippen molar-refractivity contribution in [1.82, 2.24) is 5.32 Å². The van der Waals surface area contributed by atoms with Crippen molar-refractivity contribution in [1.29, 1.82) is 0 Å². The molecule has 2 rings (SSSR count). The summed E-state index contributed by atoms with van der Waals surface area (Å²) >= 11 is 0. The Kier molecular flexibility index (Phi) is 3.77. The fourth-order valence-corrected chi connectivity index (χ4v) is 2.01. The Bertz CT molecular complexity index is 399. The van der Waals surface area contributed by atoms with Gasteiger partial charge in [0.1, 0.15) is 11.6 Å². The predicted octanol–water partition coefficient (Wildman–Crippen LogP) is 3.72. The lowest BCUT2D eigenvalue weighted by molar-refractivity contribution is 0.502. The minimum atomic E-state index is -0.336. The van der Waals surface area contributed by atoms with Crippen molar-refractivity contribution in [3.05, 3.63) is 34.9 Å². The zero-order valence-corrected chi connectivity index (χ0v) is 10.4. The summed E-state index contributed by atoms with van der Waals surface area (Å²) in [5, 5.41) is 3.25. The van der Waals surface area contributed by atoms with Gasteiger partial charge in [-0.25, -0.2) is 8.78 Å². The maximum absolute atomic E-state index is 13.7. The zero-order chi connectivity index (χ0) is 12.4. The van der Waals surface area contributed by atoms with Gasteiger partial charge in [0.2, 0.25) is 0 Å². The maximum Gasteiger partial charge on any atom is 0.128 e. The first-order valence-corrected chi connectivity index (χ1v) is 6.27. The molecule has 0 aliphatic heterocycles. The molecule has 0 saturated heterocycles. The third kappa shape index (κ3) is 3.25. The minimum Gasteiger partial charge on any atom is -0.310 e. The van der Waals surface area contributed by atoms with E-state index in [-0.39, 0.29) is 17.7 Å². The molecule has 1 nitrogen and oxygen atoms in total. The van der Waals surface area contributed by atoms with Gasteiger partial charge in [-0.3, -0.25) is 0 Å². The van der Waals surface area contributed by atoms with Crippen LogP contribution in [0.25, 0.3) is 0 Å².